The van der Waals surface area contributed by atoms with E-state index in [1.165, 1.54) is 6.42 Å². The van der Waals surface area contributed by atoms with Gasteiger partial charge in [0.15, 0.2) is 0 Å². The lowest BCUT2D eigenvalue weighted by molar-refractivity contribution is -0.0760. The molecule has 1 aromatic rings. The van der Waals surface area contributed by atoms with E-state index in [4.69, 9.17) is 10.5 Å². The van der Waals surface area contributed by atoms with Crippen molar-refractivity contribution < 1.29 is 4.74 Å². The first-order valence-corrected chi connectivity index (χ1v) is 8.22. The summed E-state index contributed by atoms with van der Waals surface area (Å²) in [6.07, 6.45) is 8.38. The van der Waals surface area contributed by atoms with Gasteiger partial charge in [0.1, 0.15) is 0 Å². The highest BCUT2D eigenvalue weighted by Crippen LogP contribution is 2.41. The highest BCUT2D eigenvalue weighted by Gasteiger charge is 2.34. The molecule has 4 atom stereocenters. The molecule has 0 spiro atoms. The van der Waals surface area contributed by atoms with Crippen LogP contribution in [-0.4, -0.2) is 17.1 Å². The van der Waals surface area contributed by atoms with Crippen LogP contribution < -0.4 is 5.73 Å². The first kappa shape index (κ1) is 16.4. The first-order valence-electron chi connectivity index (χ1n) is 8.22. The van der Waals surface area contributed by atoms with Crippen molar-refractivity contribution in [2.75, 3.05) is 0 Å². The largest absolute Gasteiger partial charge is 0.369 e. The summed E-state index contributed by atoms with van der Waals surface area (Å²) in [5.41, 5.74) is 7.83. The Labute approximate surface area is 129 Å². The molecular formula is C18H30N2O. The Kier molecular flexibility index (Phi) is 5.39. The van der Waals surface area contributed by atoms with E-state index >= 15 is 0 Å². The van der Waals surface area contributed by atoms with Gasteiger partial charge in [0.2, 0.25) is 0 Å². The monoisotopic (exact) mass is 290 g/mol. The normalized spacial score (nSPS) is 28.0. The van der Waals surface area contributed by atoms with Crippen LogP contribution in [0.5, 0.6) is 0 Å². The Hall–Kier alpha value is -0.930. The number of rotatable bonds is 5. The highest BCUT2D eigenvalue weighted by atomic mass is 16.5. The molecule has 1 saturated carbocycles. The number of nitrogens with two attached hydrogens (primary N) is 1. The fourth-order valence-electron chi connectivity index (χ4n) is 3.76. The van der Waals surface area contributed by atoms with Crippen molar-refractivity contribution in [1.82, 2.24) is 4.98 Å². The number of hydrogen-bond acceptors (Lipinski definition) is 3. The Balaban J connectivity index is 2.12. The topological polar surface area (TPSA) is 48.1 Å². The summed E-state index contributed by atoms with van der Waals surface area (Å²) in [7, 11) is 0. The minimum absolute atomic E-state index is 0.0240. The van der Waals surface area contributed by atoms with Gasteiger partial charge in [-0.2, -0.15) is 0 Å². The van der Waals surface area contributed by atoms with Gasteiger partial charge >= 0.3 is 0 Å². The third-order valence-corrected chi connectivity index (χ3v) is 4.58. The lowest BCUT2D eigenvalue weighted by Crippen LogP contribution is -2.37. The molecule has 3 nitrogen and oxygen atoms in total. The molecule has 0 radical (unpaired) electrons. The van der Waals surface area contributed by atoms with Gasteiger partial charge in [-0.15, -0.1) is 0 Å². The fraction of sp³-hybridized carbons (Fsp3) is 0.722. The van der Waals surface area contributed by atoms with Crippen LogP contribution in [0, 0.1) is 11.3 Å². The lowest BCUT2D eigenvalue weighted by Gasteiger charge is -2.41. The maximum absolute atomic E-state index is 6.48. The van der Waals surface area contributed by atoms with Gasteiger partial charge < -0.3 is 10.5 Å². The molecule has 1 aliphatic rings. The van der Waals surface area contributed by atoms with Gasteiger partial charge in [0, 0.05) is 18.4 Å². The van der Waals surface area contributed by atoms with E-state index in [-0.39, 0.29) is 12.1 Å². The van der Waals surface area contributed by atoms with Crippen LogP contribution in [0.3, 0.4) is 0 Å². The molecule has 0 aliphatic heterocycles. The van der Waals surface area contributed by atoms with Crippen LogP contribution >= 0.6 is 0 Å². The van der Waals surface area contributed by atoms with Crippen molar-refractivity contribution >= 4 is 0 Å². The zero-order valence-corrected chi connectivity index (χ0v) is 13.9. The summed E-state index contributed by atoms with van der Waals surface area (Å²) in [6.45, 7) is 9.15. The van der Waals surface area contributed by atoms with Crippen molar-refractivity contribution in [1.29, 1.82) is 0 Å². The smallest absolute Gasteiger partial charge is 0.0980 e. The van der Waals surface area contributed by atoms with Crippen LogP contribution in [0.25, 0.3) is 0 Å². The molecule has 1 heterocycles. The van der Waals surface area contributed by atoms with Crippen molar-refractivity contribution in [2.45, 2.75) is 71.6 Å². The summed E-state index contributed by atoms with van der Waals surface area (Å²) in [5, 5.41) is 0. The molecule has 1 aliphatic carbocycles. The highest BCUT2D eigenvalue weighted by molar-refractivity contribution is 5.15. The Morgan fingerprint density at radius 2 is 2.00 bits per heavy atom. The van der Waals surface area contributed by atoms with Gasteiger partial charge in [0.25, 0.3) is 0 Å². The number of nitrogens with zero attached hydrogens (tertiary/aromatic N) is 1. The van der Waals surface area contributed by atoms with Gasteiger partial charge in [-0.25, -0.2) is 0 Å². The summed E-state index contributed by atoms with van der Waals surface area (Å²) in [4.78, 5) is 4.10. The maximum atomic E-state index is 6.48. The van der Waals surface area contributed by atoms with Crippen molar-refractivity contribution in [3.05, 3.63) is 30.1 Å². The second kappa shape index (κ2) is 6.89. The average molecular weight is 290 g/mol. The maximum Gasteiger partial charge on any atom is 0.0980 e. The standard InChI is InChI=1S/C18H30N2O/c1-5-16(19)17(14-6-8-20-9-7-14)21-15-10-13(2)11-18(3,4)12-15/h6-9,13,15-17H,5,10-12,19H2,1-4H3. The van der Waals surface area contributed by atoms with E-state index in [0.29, 0.717) is 11.5 Å². The fourth-order valence-corrected chi connectivity index (χ4v) is 3.76. The van der Waals surface area contributed by atoms with E-state index in [9.17, 15) is 0 Å². The van der Waals surface area contributed by atoms with Crippen LogP contribution in [0.2, 0.25) is 0 Å². The van der Waals surface area contributed by atoms with Crippen molar-refractivity contribution in [2.24, 2.45) is 17.1 Å². The minimum atomic E-state index is -0.0240. The number of ether oxygens (including phenoxy) is 1. The summed E-state index contributed by atoms with van der Waals surface area (Å²) in [6, 6.07) is 4.09. The molecule has 0 aromatic carbocycles. The molecule has 21 heavy (non-hydrogen) atoms. The van der Waals surface area contributed by atoms with Crippen molar-refractivity contribution in [3.8, 4) is 0 Å². The van der Waals surface area contributed by atoms with E-state index in [1.54, 1.807) is 0 Å². The predicted octanol–water partition coefficient (Wildman–Crippen LogP) is 4.09. The molecule has 3 heteroatoms. The van der Waals surface area contributed by atoms with Gasteiger partial charge in [-0.1, -0.05) is 27.7 Å². The predicted molar refractivity (Wildman–Crippen MR) is 86.9 cm³/mol. The number of pyridine rings is 1. The second-order valence-electron chi connectivity index (χ2n) is 7.44. The molecule has 1 aromatic heterocycles. The van der Waals surface area contributed by atoms with Crippen LogP contribution in [0.4, 0.5) is 0 Å². The van der Waals surface area contributed by atoms with E-state index < -0.39 is 0 Å². The van der Waals surface area contributed by atoms with Crippen LogP contribution in [0.1, 0.15) is 65.0 Å². The molecule has 0 amide bonds. The van der Waals surface area contributed by atoms with Gasteiger partial charge in [-0.05, 0) is 54.7 Å². The molecule has 0 bridgehead atoms. The van der Waals surface area contributed by atoms with E-state index in [0.717, 1.165) is 30.7 Å². The Bertz CT molecular complexity index is 432. The van der Waals surface area contributed by atoms with Gasteiger partial charge in [-0.3, -0.25) is 4.98 Å². The third-order valence-electron chi connectivity index (χ3n) is 4.58. The first-order chi connectivity index (χ1) is 9.91. The molecular weight excluding hydrogens is 260 g/mol. The SMILES string of the molecule is CCC(N)C(OC1CC(C)CC(C)(C)C1)c1ccncc1. The summed E-state index contributed by atoms with van der Waals surface area (Å²) >= 11 is 0. The zero-order chi connectivity index (χ0) is 15.5. The number of hydrogen-bond donors (Lipinski definition) is 1. The molecule has 2 rings (SSSR count). The van der Waals surface area contributed by atoms with E-state index in [1.807, 2.05) is 24.5 Å². The molecule has 0 saturated heterocycles. The summed E-state index contributed by atoms with van der Waals surface area (Å²) < 4.78 is 6.48. The van der Waals surface area contributed by atoms with Crippen molar-refractivity contribution in [3.63, 3.8) is 0 Å². The van der Waals surface area contributed by atoms with Crippen LogP contribution in [0.15, 0.2) is 24.5 Å². The summed E-state index contributed by atoms with van der Waals surface area (Å²) in [5.74, 6) is 0.717. The lowest BCUT2D eigenvalue weighted by atomic mass is 9.71. The minimum Gasteiger partial charge on any atom is -0.369 e. The second-order valence-corrected chi connectivity index (χ2v) is 7.44. The number of aromatic nitrogens is 1. The quantitative estimate of drug-likeness (QED) is 0.888. The molecule has 1 fully saturated rings. The van der Waals surface area contributed by atoms with E-state index in [2.05, 4.69) is 32.7 Å². The van der Waals surface area contributed by atoms with Gasteiger partial charge in [0.05, 0.1) is 12.2 Å². The molecule has 4 unspecified atom stereocenters. The third kappa shape index (κ3) is 4.52. The molecule has 118 valence electrons. The average Bonchev–Trinajstić information content (AvgIpc) is 2.43. The van der Waals surface area contributed by atoms with Crippen LogP contribution in [-0.2, 0) is 4.74 Å². The Morgan fingerprint density at radius 3 is 2.57 bits per heavy atom. The zero-order valence-electron chi connectivity index (χ0n) is 13.9. The Morgan fingerprint density at radius 1 is 1.33 bits per heavy atom. The molecule has 2 N–H and O–H groups in total.